The Kier molecular flexibility index (Phi) is 20.9. The van der Waals surface area contributed by atoms with E-state index in [1.54, 1.807) is 0 Å². The summed E-state index contributed by atoms with van der Waals surface area (Å²) in [5.41, 5.74) is 0. The number of ether oxygens (including phenoxy) is 6. The quantitative estimate of drug-likeness (QED) is 0.158. The van der Waals surface area contributed by atoms with Crippen molar-refractivity contribution in [1.29, 1.82) is 0 Å². The molecule has 1 N–H and O–H groups in total. The largest absolute Gasteiger partial charge is 0.491 e. The zero-order valence-electron chi connectivity index (χ0n) is 27.8. The van der Waals surface area contributed by atoms with Crippen molar-refractivity contribution in [2.24, 2.45) is 0 Å². The minimum absolute atomic E-state index is 0.219. The number of aliphatic hydroxyl groups is 1. The monoisotopic (exact) mass is 632 g/mol. The maximum Gasteiger partial charge on any atom is 0.122 e. The summed E-state index contributed by atoms with van der Waals surface area (Å²) in [6.07, 6.45) is 2.54. The Labute approximate surface area is 276 Å². The van der Waals surface area contributed by atoms with Gasteiger partial charge < -0.3 is 33.5 Å². The summed E-state index contributed by atoms with van der Waals surface area (Å²) >= 11 is 0. The molecule has 0 bridgehead atoms. The molecule has 0 saturated carbocycles. The second-order valence-electron chi connectivity index (χ2n) is 10.5. The molecule has 2 aliphatic rings. The third kappa shape index (κ3) is 20.8. The molecule has 2 unspecified atom stereocenters. The van der Waals surface area contributed by atoms with Crippen molar-refractivity contribution in [1.82, 2.24) is 0 Å². The third-order valence-electron chi connectivity index (χ3n) is 5.53. The summed E-state index contributed by atoms with van der Waals surface area (Å²) in [7, 11) is 0. The van der Waals surface area contributed by atoms with Crippen LogP contribution in [0.25, 0.3) is 0 Å². The maximum atomic E-state index is 9.72. The number of aliphatic hydroxyl groups excluding tert-OH is 1. The van der Waals surface area contributed by atoms with E-state index >= 15 is 0 Å². The second kappa shape index (κ2) is 25.2. The summed E-state index contributed by atoms with van der Waals surface area (Å²) in [5, 5.41) is 9.72. The van der Waals surface area contributed by atoms with E-state index in [0.29, 0.717) is 25.4 Å². The molecule has 4 aromatic rings. The number of epoxide rings is 2. The molecule has 0 radical (unpaired) electrons. The van der Waals surface area contributed by atoms with Gasteiger partial charge in [-0.05, 0) is 48.5 Å². The Bertz CT molecular complexity index is 1110. The van der Waals surface area contributed by atoms with Gasteiger partial charge in [-0.25, -0.2) is 0 Å². The van der Waals surface area contributed by atoms with Crippen LogP contribution in [0.2, 0.25) is 0 Å². The summed E-state index contributed by atoms with van der Waals surface area (Å²) in [4.78, 5) is 0. The van der Waals surface area contributed by atoms with E-state index in [0.717, 1.165) is 36.2 Å². The molecule has 6 rings (SSSR count). The normalized spacial score (nSPS) is 15.0. The van der Waals surface area contributed by atoms with Crippen LogP contribution in [-0.2, 0) is 9.47 Å². The minimum atomic E-state index is -0.648. The molecular weight excluding hydrogens is 580 g/mol. The predicted molar refractivity (Wildman–Crippen MR) is 185 cm³/mol. The Morgan fingerprint density at radius 1 is 0.500 bits per heavy atom. The van der Waals surface area contributed by atoms with E-state index in [2.05, 4.69) is 27.7 Å². The molecular formula is C39H52O7. The van der Waals surface area contributed by atoms with E-state index in [1.165, 1.54) is 12.8 Å². The fourth-order valence-electron chi connectivity index (χ4n) is 3.21. The van der Waals surface area contributed by atoms with Gasteiger partial charge in [-0.15, -0.1) is 0 Å². The lowest BCUT2D eigenvalue weighted by atomic mass is 10.3. The molecule has 0 amide bonds. The van der Waals surface area contributed by atoms with Gasteiger partial charge in [-0.2, -0.15) is 0 Å². The van der Waals surface area contributed by atoms with Crippen LogP contribution in [0.4, 0.5) is 0 Å². The van der Waals surface area contributed by atoms with Crippen LogP contribution in [0.5, 0.6) is 23.0 Å². The summed E-state index contributed by atoms with van der Waals surface area (Å²) in [6.45, 7) is 12.0. The SMILES string of the molecule is CCC.CCC.OC(COc1ccccc1)COc1ccccc1.c1ccc(OCC2CO2)cc1.c1ccc(OCC2CO2)cc1. The van der Waals surface area contributed by atoms with Gasteiger partial charge in [0.25, 0.3) is 0 Å². The topological polar surface area (TPSA) is 82.2 Å². The zero-order chi connectivity index (χ0) is 33.1. The summed E-state index contributed by atoms with van der Waals surface area (Å²) in [6, 6.07) is 38.4. The van der Waals surface area contributed by atoms with Crippen LogP contribution in [0, 0.1) is 0 Å². The van der Waals surface area contributed by atoms with Crippen LogP contribution >= 0.6 is 0 Å². The highest BCUT2D eigenvalue weighted by atomic mass is 16.6. The van der Waals surface area contributed by atoms with Crippen LogP contribution in [0.3, 0.4) is 0 Å². The fourth-order valence-corrected chi connectivity index (χ4v) is 3.21. The van der Waals surface area contributed by atoms with Crippen molar-refractivity contribution in [2.45, 2.75) is 58.8 Å². The molecule has 7 nitrogen and oxygen atoms in total. The number of hydrogen-bond acceptors (Lipinski definition) is 7. The first-order valence-electron chi connectivity index (χ1n) is 16.2. The van der Waals surface area contributed by atoms with Gasteiger partial charge in [0.05, 0.1) is 13.2 Å². The average Bonchev–Trinajstić information content (AvgIpc) is 4.04. The van der Waals surface area contributed by atoms with Gasteiger partial charge in [0, 0.05) is 0 Å². The van der Waals surface area contributed by atoms with Crippen LogP contribution < -0.4 is 18.9 Å². The number of rotatable bonds is 12. The molecule has 0 aliphatic carbocycles. The van der Waals surface area contributed by atoms with Gasteiger partial charge in [0.2, 0.25) is 0 Å². The van der Waals surface area contributed by atoms with E-state index in [1.807, 2.05) is 121 Å². The van der Waals surface area contributed by atoms with Crippen LogP contribution in [0.1, 0.15) is 40.5 Å². The van der Waals surface area contributed by atoms with E-state index in [4.69, 9.17) is 28.4 Å². The van der Waals surface area contributed by atoms with Crippen LogP contribution in [-0.4, -0.2) is 63.1 Å². The molecule has 2 aliphatic heterocycles. The average molecular weight is 633 g/mol. The number of hydrogen-bond donors (Lipinski definition) is 1. The predicted octanol–water partition coefficient (Wildman–Crippen LogP) is 8.27. The van der Waals surface area contributed by atoms with Crippen molar-refractivity contribution >= 4 is 0 Å². The first-order valence-corrected chi connectivity index (χ1v) is 16.2. The molecule has 0 aromatic heterocycles. The first-order chi connectivity index (χ1) is 22.6. The van der Waals surface area contributed by atoms with E-state index in [-0.39, 0.29) is 13.2 Å². The Morgan fingerprint density at radius 3 is 0.978 bits per heavy atom. The van der Waals surface area contributed by atoms with E-state index in [9.17, 15) is 5.11 Å². The van der Waals surface area contributed by atoms with Gasteiger partial charge in [-0.1, -0.05) is 113 Å². The van der Waals surface area contributed by atoms with Gasteiger partial charge in [0.1, 0.15) is 67.7 Å². The lowest BCUT2D eigenvalue weighted by Crippen LogP contribution is -2.25. The highest BCUT2D eigenvalue weighted by Gasteiger charge is 2.23. The molecule has 250 valence electrons. The van der Waals surface area contributed by atoms with Crippen molar-refractivity contribution in [3.8, 4) is 23.0 Å². The Hall–Kier alpha value is -4.04. The minimum Gasteiger partial charge on any atom is -0.491 e. The Balaban J connectivity index is 0.000000228. The van der Waals surface area contributed by atoms with Gasteiger partial charge >= 0.3 is 0 Å². The number of benzene rings is 4. The van der Waals surface area contributed by atoms with E-state index < -0.39 is 6.10 Å². The molecule has 2 fully saturated rings. The highest BCUT2D eigenvalue weighted by molar-refractivity contribution is 5.23. The van der Waals surface area contributed by atoms with Gasteiger partial charge in [-0.3, -0.25) is 0 Å². The molecule has 2 atom stereocenters. The highest BCUT2D eigenvalue weighted by Crippen LogP contribution is 2.15. The lowest BCUT2D eigenvalue weighted by molar-refractivity contribution is 0.0626. The molecule has 4 aromatic carbocycles. The maximum absolute atomic E-state index is 9.72. The van der Waals surface area contributed by atoms with Crippen molar-refractivity contribution in [2.75, 3.05) is 39.6 Å². The van der Waals surface area contributed by atoms with Crippen molar-refractivity contribution < 1.29 is 33.5 Å². The zero-order valence-corrected chi connectivity index (χ0v) is 27.8. The molecule has 2 heterocycles. The molecule has 2 saturated heterocycles. The third-order valence-corrected chi connectivity index (χ3v) is 5.53. The lowest BCUT2D eigenvalue weighted by Gasteiger charge is -2.13. The summed E-state index contributed by atoms with van der Waals surface area (Å²) < 4.78 is 31.7. The molecule has 0 spiro atoms. The molecule has 7 heteroatoms. The Morgan fingerprint density at radius 2 is 0.739 bits per heavy atom. The fraction of sp³-hybridized carbons (Fsp3) is 0.385. The standard InChI is InChI=1S/C15H16O3.2C9H10O2.2C3H8/c16-13(11-17-14-7-3-1-4-8-14)12-18-15-9-5-2-6-10-15;2*1-2-4-8(5-3-1)10-6-9-7-11-9;2*1-3-2/h1-10,13,16H,11-12H2;2*1-5,9H,6-7H2;2*3H2,1-2H3. The van der Waals surface area contributed by atoms with Crippen LogP contribution in [0.15, 0.2) is 121 Å². The summed E-state index contributed by atoms with van der Waals surface area (Å²) in [5.74, 6) is 3.33. The van der Waals surface area contributed by atoms with Crippen molar-refractivity contribution in [3.63, 3.8) is 0 Å². The number of para-hydroxylation sites is 4. The first kappa shape index (κ1) is 38.1. The van der Waals surface area contributed by atoms with Gasteiger partial charge in [0.15, 0.2) is 0 Å². The van der Waals surface area contributed by atoms with Crippen molar-refractivity contribution in [3.05, 3.63) is 121 Å². The molecule has 46 heavy (non-hydrogen) atoms. The second-order valence-corrected chi connectivity index (χ2v) is 10.5. The smallest absolute Gasteiger partial charge is 0.122 e.